The van der Waals surface area contributed by atoms with Gasteiger partial charge in [-0.1, -0.05) is 6.42 Å². The summed E-state index contributed by atoms with van der Waals surface area (Å²) in [7, 11) is 0. The number of hydrogen-bond acceptors (Lipinski definition) is 16. The Kier molecular flexibility index (Phi) is 25.3. The lowest BCUT2D eigenvalue weighted by molar-refractivity contribution is -0.145. The van der Waals surface area contributed by atoms with E-state index in [9.17, 15) is 38.4 Å². The summed E-state index contributed by atoms with van der Waals surface area (Å²) in [4.78, 5) is 99.7. The zero-order chi connectivity index (χ0) is 47.3. The number of rotatable bonds is 29. The first-order valence-electron chi connectivity index (χ1n) is 23.2. The summed E-state index contributed by atoms with van der Waals surface area (Å²) in [5, 5.41) is 0. The lowest BCUT2D eigenvalue weighted by atomic mass is 9.76. The van der Waals surface area contributed by atoms with Gasteiger partial charge in [0.25, 0.3) is 0 Å². The molecule has 22 heteroatoms. The van der Waals surface area contributed by atoms with Gasteiger partial charge >= 0.3 is 46.1 Å². The Labute approximate surface area is 411 Å². The highest BCUT2D eigenvalue weighted by atomic mass is 32.2. The second kappa shape index (κ2) is 29.7. The third-order valence-electron chi connectivity index (χ3n) is 12.5. The molecule has 3 saturated carbocycles. The Hall–Kier alpha value is -2.14. The van der Waals surface area contributed by atoms with E-state index in [1.807, 2.05) is 0 Å². The second-order valence-electron chi connectivity index (χ2n) is 16.7. The van der Waals surface area contributed by atoms with Crippen molar-refractivity contribution >= 4 is 86.0 Å². The highest BCUT2D eigenvalue weighted by Gasteiger charge is 2.53. The zero-order valence-electron chi connectivity index (χ0n) is 37.8. The molecule has 5 rings (SSSR count). The van der Waals surface area contributed by atoms with Gasteiger partial charge in [-0.15, -0.1) is 0 Å². The second-order valence-corrected chi connectivity index (χ2v) is 21.0. The highest BCUT2D eigenvalue weighted by molar-refractivity contribution is 7.99. The molecule has 3 aliphatic carbocycles. The Bertz CT molecular complexity index is 2100. The van der Waals surface area contributed by atoms with Crippen molar-refractivity contribution in [1.29, 1.82) is 0 Å². The molecule has 0 spiro atoms. The van der Waals surface area contributed by atoms with Gasteiger partial charge in [0.2, 0.25) is 0 Å². The normalized spacial score (nSPS) is 19.6. The smallest absolute Gasteiger partial charge is 0.336 e. The maximum atomic E-state index is 12.8. The predicted molar refractivity (Wildman–Crippen MR) is 274 cm³/mol. The quantitative estimate of drug-likeness (QED) is 0.0526. The van der Waals surface area contributed by atoms with Gasteiger partial charge in [0.15, 0.2) is 0 Å². The summed E-state index contributed by atoms with van der Waals surface area (Å²) in [6.45, 7) is 4.13. The standard InChI is InChI=1S/C26H41N3O5S3.C17H29N3O5S3/c30-23(34-17-19-15-18-16-22(19)21-6-1-5-20(18)21)7-14-37-13-4-10-29-25(32)27(8-2-11-35)24(31)28(26(29)33)9-3-12-36;1-2-25-14(21)6-13-28-12-5-9-20-16(23)18(7-3-10-26)15(22)19(17(20)24)8-4-11-27/h18-22,35-36H,1-17H2;26-27H,2-13H2,1H3. The lowest BCUT2D eigenvalue weighted by Crippen LogP contribution is -2.54. The van der Waals surface area contributed by atoms with Crippen LogP contribution in [-0.2, 0) is 58.3 Å². The predicted octanol–water partition coefficient (Wildman–Crippen LogP) is 3.83. The molecular formula is C43H70N6O10S6. The molecule has 0 saturated heterocycles. The number of fused-ring (bicyclic) bond motifs is 5. The minimum Gasteiger partial charge on any atom is -0.466 e. The maximum absolute atomic E-state index is 12.8. The van der Waals surface area contributed by atoms with Crippen LogP contribution in [0.3, 0.4) is 0 Å². The molecule has 368 valence electrons. The molecule has 0 amide bonds. The zero-order valence-corrected chi connectivity index (χ0v) is 43.0. The molecule has 3 aliphatic rings. The van der Waals surface area contributed by atoms with E-state index in [2.05, 4.69) is 50.5 Å². The topological polar surface area (TPSA) is 185 Å². The van der Waals surface area contributed by atoms with Crippen molar-refractivity contribution in [2.24, 2.45) is 29.6 Å². The van der Waals surface area contributed by atoms with Crippen LogP contribution in [0.1, 0.15) is 90.4 Å². The largest absolute Gasteiger partial charge is 0.466 e. The Balaban J connectivity index is 0.000000297. The van der Waals surface area contributed by atoms with Crippen molar-refractivity contribution in [3.63, 3.8) is 0 Å². The molecule has 0 aromatic carbocycles. The number of hydrogen-bond donors (Lipinski definition) is 4. The first kappa shape index (κ1) is 55.5. The van der Waals surface area contributed by atoms with Crippen LogP contribution in [0.25, 0.3) is 0 Å². The highest BCUT2D eigenvalue weighted by Crippen LogP contribution is 2.60. The molecular weight excluding hydrogens is 953 g/mol. The summed E-state index contributed by atoms with van der Waals surface area (Å²) >= 11 is 19.8. The van der Waals surface area contributed by atoms with E-state index in [0.717, 1.165) is 51.1 Å². The van der Waals surface area contributed by atoms with Crippen LogP contribution in [0.2, 0.25) is 0 Å². The third kappa shape index (κ3) is 16.0. The average molecular weight is 1020 g/mol. The van der Waals surface area contributed by atoms with E-state index in [4.69, 9.17) is 9.47 Å². The number of nitrogens with zero attached hydrogens (tertiary/aromatic N) is 6. The van der Waals surface area contributed by atoms with Crippen molar-refractivity contribution in [2.75, 3.05) is 59.2 Å². The summed E-state index contributed by atoms with van der Waals surface area (Å²) in [5.74, 6) is 8.56. The molecule has 2 aromatic heterocycles. The molecule has 0 radical (unpaired) electrons. The summed E-state index contributed by atoms with van der Waals surface area (Å²) < 4.78 is 17.3. The van der Waals surface area contributed by atoms with Crippen molar-refractivity contribution < 1.29 is 19.1 Å². The molecule has 2 aromatic rings. The monoisotopic (exact) mass is 1020 g/mol. The SMILES string of the molecule is CCOC(=O)CCSCCCn1c(=O)n(CCCS)c(=O)n(CCCS)c1=O.O=C(CCSCCCn1c(=O)n(CCCS)c(=O)n(CCCS)c1=O)OCC1CC2CC1C1CCCC21. The number of aromatic nitrogens is 6. The fraction of sp³-hybridized carbons (Fsp3) is 0.814. The molecule has 3 fully saturated rings. The van der Waals surface area contributed by atoms with Crippen LogP contribution in [0.15, 0.2) is 28.8 Å². The number of ether oxygens (including phenoxy) is 2. The van der Waals surface area contributed by atoms with E-state index in [1.165, 1.54) is 32.1 Å². The van der Waals surface area contributed by atoms with Crippen molar-refractivity contribution in [3.8, 4) is 0 Å². The molecule has 2 bridgehead atoms. The fourth-order valence-electron chi connectivity index (χ4n) is 9.50. The van der Waals surface area contributed by atoms with E-state index < -0.39 is 34.1 Å². The van der Waals surface area contributed by atoms with Crippen LogP contribution in [0, 0.1) is 29.6 Å². The number of esters is 2. The lowest BCUT2D eigenvalue weighted by Gasteiger charge is -2.31. The molecule has 5 unspecified atom stereocenters. The van der Waals surface area contributed by atoms with Crippen LogP contribution >= 0.6 is 74.0 Å². The van der Waals surface area contributed by atoms with Gasteiger partial charge in [-0.25, -0.2) is 56.2 Å². The van der Waals surface area contributed by atoms with Gasteiger partial charge in [-0.3, -0.25) is 9.59 Å². The van der Waals surface area contributed by atoms with E-state index in [1.54, 1.807) is 30.4 Å². The van der Waals surface area contributed by atoms with Crippen LogP contribution in [0.5, 0.6) is 0 Å². The first-order chi connectivity index (χ1) is 31.4. The Morgan fingerprint density at radius 1 is 0.508 bits per heavy atom. The number of carbonyl (C=O) groups excluding carboxylic acids is 2. The van der Waals surface area contributed by atoms with Crippen molar-refractivity contribution in [1.82, 2.24) is 27.4 Å². The Morgan fingerprint density at radius 3 is 1.26 bits per heavy atom. The fourth-order valence-corrected chi connectivity index (χ4v) is 11.8. The average Bonchev–Trinajstić information content (AvgIpc) is 4.03. The van der Waals surface area contributed by atoms with E-state index in [0.29, 0.717) is 117 Å². The van der Waals surface area contributed by atoms with E-state index >= 15 is 0 Å². The first-order valence-corrected chi connectivity index (χ1v) is 28.1. The van der Waals surface area contributed by atoms with Crippen LogP contribution in [0.4, 0.5) is 0 Å². The summed E-state index contributed by atoms with van der Waals surface area (Å²) in [6, 6.07) is 0. The number of thiol groups is 4. The van der Waals surface area contributed by atoms with Crippen molar-refractivity contribution in [3.05, 3.63) is 62.9 Å². The summed E-state index contributed by atoms with van der Waals surface area (Å²) in [5.41, 5.74) is -3.39. The third-order valence-corrected chi connectivity index (χ3v) is 15.9. The van der Waals surface area contributed by atoms with Crippen molar-refractivity contribution in [2.45, 2.75) is 130 Å². The van der Waals surface area contributed by atoms with Gasteiger partial charge in [0, 0.05) is 50.8 Å². The van der Waals surface area contributed by atoms with Gasteiger partial charge < -0.3 is 9.47 Å². The van der Waals surface area contributed by atoms with Gasteiger partial charge in [0.05, 0.1) is 26.1 Å². The van der Waals surface area contributed by atoms with Gasteiger partial charge in [-0.05, 0) is 135 Å². The summed E-state index contributed by atoms with van der Waals surface area (Å²) in [6.07, 6.45) is 10.9. The van der Waals surface area contributed by atoms with Crippen LogP contribution < -0.4 is 34.1 Å². The Morgan fingerprint density at radius 2 is 0.877 bits per heavy atom. The van der Waals surface area contributed by atoms with Gasteiger partial charge in [0.1, 0.15) is 0 Å². The number of thioether (sulfide) groups is 2. The minimum atomic E-state index is -0.574. The van der Waals surface area contributed by atoms with Gasteiger partial charge in [-0.2, -0.15) is 74.0 Å². The van der Waals surface area contributed by atoms with E-state index in [-0.39, 0.29) is 51.2 Å². The molecule has 5 atom stereocenters. The maximum Gasteiger partial charge on any atom is 0.336 e. The minimum absolute atomic E-state index is 0.127. The molecule has 0 aliphatic heterocycles. The molecule has 16 nitrogen and oxygen atoms in total. The molecule has 0 N–H and O–H groups in total. The van der Waals surface area contributed by atoms with Crippen LogP contribution in [-0.4, -0.2) is 98.6 Å². The molecule has 65 heavy (non-hydrogen) atoms. The number of carbonyl (C=O) groups is 2. The molecule has 2 heterocycles.